The zero-order valence-electron chi connectivity index (χ0n) is 12.0. The molecule has 1 aromatic heterocycles. The summed E-state index contributed by atoms with van der Waals surface area (Å²) in [5.41, 5.74) is 1.33. The number of ether oxygens (including phenoxy) is 1. The topological polar surface area (TPSA) is 56.3 Å². The van der Waals surface area contributed by atoms with Gasteiger partial charge < -0.3 is 4.74 Å². The normalized spacial score (nSPS) is 10.4. The van der Waals surface area contributed by atoms with Gasteiger partial charge in [0.1, 0.15) is 9.88 Å². The number of hydrogen-bond acceptors (Lipinski definition) is 6. The molecule has 4 nitrogen and oxygen atoms in total. The molecule has 0 bridgehead atoms. The van der Waals surface area contributed by atoms with Crippen LogP contribution in [0.2, 0.25) is 0 Å². The van der Waals surface area contributed by atoms with Gasteiger partial charge in [-0.2, -0.15) is 0 Å². The standard InChI is InChI=1S/C15H15NO3S2/c1-9-4-6-11(7-5-9)20-8-12-16-13(15(18)19-3)14(21-12)10(2)17/h4-7H,8H2,1-3H3. The summed E-state index contributed by atoms with van der Waals surface area (Å²) in [5, 5.41) is 0.742. The van der Waals surface area contributed by atoms with Crippen LogP contribution in [0.4, 0.5) is 0 Å². The zero-order valence-corrected chi connectivity index (χ0v) is 13.6. The number of methoxy groups -OCH3 is 1. The number of hydrogen-bond donors (Lipinski definition) is 0. The summed E-state index contributed by atoms with van der Waals surface area (Å²) >= 11 is 2.87. The molecule has 2 rings (SSSR count). The Bertz CT molecular complexity index is 662. The largest absolute Gasteiger partial charge is 0.464 e. The van der Waals surface area contributed by atoms with Crippen LogP contribution in [0.25, 0.3) is 0 Å². The van der Waals surface area contributed by atoms with Gasteiger partial charge in [0.15, 0.2) is 11.5 Å². The Balaban J connectivity index is 2.15. The molecule has 0 N–H and O–H groups in total. The van der Waals surface area contributed by atoms with Crippen molar-refractivity contribution >= 4 is 34.9 Å². The van der Waals surface area contributed by atoms with Crippen molar-refractivity contribution in [3.63, 3.8) is 0 Å². The van der Waals surface area contributed by atoms with Crippen LogP contribution in [0.15, 0.2) is 29.2 Å². The van der Waals surface area contributed by atoms with E-state index in [0.717, 1.165) is 9.90 Å². The van der Waals surface area contributed by atoms with Crippen molar-refractivity contribution in [2.75, 3.05) is 7.11 Å². The lowest BCUT2D eigenvalue weighted by molar-refractivity contribution is 0.0591. The SMILES string of the molecule is COC(=O)c1nc(CSc2ccc(C)cc2)sc1C(C)=O. The fourth-order valence-corrected chi connectivity index (χ4v) is 3.52. The van der Waals surface area contributed by atoms with Gasteiger partial charge in [0.25, 0.3) is 0 Å². The first-order chi connectivity index (χ1) is 10.0. The predicted octanol–water partition coefficient (Wildman–Crippen LogP) is 3.73. The highest BCUT2D eigenvalue weighted by Crippen LogP contribution is 2.27. The van der Waals surface area contributed by atoms with Gasteiger partial charge in [0.2, 0.25) is 0 Å². The van der Waals surface area contributed by atoms with Gasteiger partial charge >= 0.3 is 5.97 Å². The van der Waals surface area contributed by atoms with Crippen LogP contribution in [-0.4, -0.2) is 23.8 Å². The number of aromatic nitrogens is 1. The van der Waals surface area contributed by atoms with E-state index in [0.29, 0.717) is 10.6 Å². The fraction of sp³-hybridized carbons (Fsp3) is 0.267. The van der Waals surface area contributed by atoms with Crippen molar-refractivity contribution in [2.45, 2.75) is 24.5 Å². The van der Waals surface area contributed by atoms with Crippen molar-refractivity contribution in [2.24, 2.45) is 0 Å². The molecular weight excluding hydrogens is 306 g/mol. The summed E-state index contributed by atoms with van der Waals surface area (Å²) in [4.78, 5) is 28.9. The molecular formula is C15H15NO3S2. The number of thioether (sulfide) groups is 1. The quantitative estimate of drug-likeness (QED) is 0.477. The molecule has 6 heteroatoms. The number of nitrogens with zero attached hydrogens (tertiary/aromatic N) is 1. The molecule has 0 saturated carbocycles. The smallest absolute Gasteiger partial charge is 0.358 e. The third-order valence-corrected chi connectivity index (χ3v) is 5.12. The van der Waals surface area contributed by atoms with E-state index in [9.17, 15) is 9.59 Å². The molecule has 0 atom stereocenters. The molecule has 1 heterocycles. The third-order valence-electron chi connectivity index (χ3n) is 2.75. The van der Waals surface area contributed by atoms with E-state index >= 15 is 0 Å². The van der Waals surface area contributed by atoms with Crippen molar-refractivity contribution < 1.29 is 14.3 Å². The van der Waals surface area contributed by atoms with Gasteiger partial charge in [-0.3, -0.25) is 4.79 Å². The van der Waals surface area contributed by atoms with E-state index in [1.165, 1.54) is 30.9 Å². The molecule has 0 spiro atoms. The lowest BCUT2D eigenvalue weighted by Crippen LogP contribution is -2.07. The van der Waals surface area contributed by atoms with E-state index in [1.807, 2.05) is 31.2 Å². The molecule has 0 amide bonds. The molecule has 110 valence electrons. The molecule has 0 aliphatic heterocycles. The van der Waals surface area contributed by atoms with Crippen LogP contribution < -0.4 is 0 Å². The lowest BCUT2D eigenvalue weighted by atomic mass is 10.2. The number of carbonyl (C=O) groups excluding carboxylic acids is 2. The van der Waals surface area contributed by atoms with Crippen LogP contribution in [0.3, 0.4) is 0 Å². The van der Waals surface area contributed by atoms with Crippen molar-refractivity contribution in [3.05, 3.63) is 45.4 Å². The predicted molar refractivity (Wildman–Crippen MR) is 84.2 cm³/mol. The van der Waals surface area contributed by atoms with E-state index in [2.05, 4.69) is 9.72 Å². The van der Waals surface area contributed by atoms with Crippen LogP contribution >= 0.6 is 23.1 Å². The first-order valence-corrected chi connectivity index (χ1v) is 8.10. The summed E-state index contributed by atoms with van der Waals surface area (Å²) < 4.78 is 4.66. The molecule has 21 heavy (non-hydrogen) atoms. The summed E-state index contributed by atoms with van der Waals surface area (Å²) in [6.07, 6.45) is 0. The van der Waals surface area contributed by atoms with Crippen LogP contribution in [0.1, 0.15) is 37.7 Å². The minimum atomic E-state index is -0.567. The number of rotatable bonds is 5. The first-order valence-electron chi connectivity index (χ1n) is 6.29. The lowest BCUT2D eigenvalue weighted by Gasteiger charge is -1.99. The number of Topliss-reactive ketones (excluding diaryl/α,β-unsaturated/α-hetero) is 1. The highest BCUT2D eigenvalue weighted by molar-refractivity contribution is 7.98. The maximum atomic E-state index is 11.6. The Labute approximate surface area is 131 Å². The summed E-state index contributed by atoms with van der Waals surface area (Å²) in [6.45, 7) is 3.47. The van der Waals surface area contributed by atoms with Crippen LogP contribution in [0, 0.1) is 6.92 Å². The summed E-state index contributed by atoms with van der Waals surface area (Å²) in [7, 11) is 1.28. The Morgan fingerprint density at radius 2 is 1.95 bits per heavy atom. The Kier molecular flexibility index (Phi) is 5.14. The average Bonchev–Trinajstić information content (AvgIpc) is 2.90. The van der Waals surface area contributed by atoms with Crippen molar-refractivity contribution in [3.8, 4) is 0 Å². The Morgan fingerprint density at radius 3 is 2.52 bits per heavy atom. The second-order valence-electron chi connectivity index (χ2n) is 4.43. The molecule has 0 fully saturated rings. The molecule has 0 radical (unpaired) electrons. The number of thiazole rings is 1. The highest BCUT2D eigenvalue weighted by atomic mass is 32.2. The maximum absolute atomic E-state index is 11.6. The minimum Gasteiger partial charge on any atom is -0.464 e. The van der Waals surface area contributed by atoms with Crippen LogP contribution in [0.5, 0.6) is 0 Å². The van der Waals surface area contributed by atoms with Crippen molar-refractivity contribution in [1.82, 2.24) is 4.98 Å². The molecule has 0 aliphatic rings. The fourth-order valence-electron chi connectivity index (χ4n) is 1.68. The number of benzene rings is 1. The first kappa shape index (κ1) is 15.7. The minimum absolute atomic E-state index is 0.120. The number of esters is 1. The number of carbonyl (C=O) groups is 2. The maximum Gasteiger partial charge on any atom is 0.358 e. The van der Waals surface area contributed by atoms with Gasteiger partial charge in [-0.1, -0.05) is 17.7 Å². The zero-order chi connectivity index (χ0) is 15.4. The second kappa shape index (κ2) is 6.87. The third kappa shape index (κ3) is 3.92. The van der Waals surface area contributed by atoms with E-state index in [1.54, 1.807) is 11.8 Å². The van der Waals surface area contributed by atoms with Gasteiger partial charge in [0.05, 0.1) is 12.9 Å². The van der Waals surface area contributed by atoms with E-state index < -0.39 is 5.97 Å². The van der Waals surface area contributed by atoms with Crippen LogP contribution in [-0.2, 0) is 10.5 Å². The molecule has 2 aromatic rings. The van der Waals surface area contributed by atoms with Gasteiger partial charge in [-0.15, -0.1) is 23.1 Å². The number of ketones is 1. The Hall–Kier alpha value is -1.66. The van der Waals surface area contributed by atoms with Gasteiger partial charge in [-0.25, -0.2) is 9.78 Å². The molecule has 0 unspecified atom stereocenters. The molecule has 1 aromatic carbocycles. The van der Waals surface area contributed by atoms with Gasteiger partial charge in [-0.05, 0) is 19.1 Å². The monoisotopic (exact) mass is 321 g/mol. The number of aryl methyl sites for hydroxylation is 1. The molecule has 0 saturated heterocycles. The average molecular weight is 321 g/mol. The molecule has 0 aliphatic carbocycles. The van der Waals surface area contributed by atoms with Crippen molar-refractivity contribution in [1.29, 1.82) is 0 Å². The highest BCUT2D eigenvalue weighted by Gasteiger charge is 2.21. The summed E-state index contributed by atoms with van der Waals surface area (Å²) in [5.74, 6) is -0.118. The Morgan fingerprint density at radius 1 is 1.29 bits per heavy atom. The van der Waals surface area contributed by atoms with E-state index in [4.69, 9.17) is 0 Å². The summed E-state index contributed by atoms with van der Waals surface area (Å²) in [6, 6.07) is 8.18. The van der Waals surface area contributed by atoms with E-state index in [-0.39, 0.29) is 11.5 Å². The van der Waals surface area contributed by atoms with Gasteiger partial charge in [0, 0.05) is 11.8 Å². The second-order valence-corrected chi connectivity index (χ2v) is 6.57.